The molecule has 1 aromatic carbocycles. The third kappa shape index (κ3) is 2.80. The van der Waals surface area contributed by atoms with Crippen LogP contribution in [0.2, 0.25) is 0 Å². The summed E-state index contributed by atoms with van der Waals surface area (Å²) in [6.07, 6.45) is 4.31. The highest BCUT2D eigenvalue weighted by Gasteiger charge is 2.22. The molecular formula is C14H18FN3. The van der Waals surface area contributed by atoms with Crippen LogP contribution in [0.1, 0.15) is 31.2 Å². The molecule has 96 valence electrons. The molecule has 18 heavy (non-hydrogen) atoms. The summed E-state index contributed by atoms with van der Waals surface area (Å²) in [4.78, 5) is 2.19. The van der Waals surface area contributed by atoms with Gasteiger partial charge in [0.05, 0.1) is 11.6 Å². The van der Waals surface area contributed by atoms with Crippen molar-refractivity contribution in [2.45, 2.75) is 31.7 Å². The Morgan fingerprint density at radius 3 is 2.94 bits per heavy atom. The molecule has 1 atom stereocenters. The summed E-state index contributed by atoms with van der Waals surface area (Å²) in [6, 6.07) is 6.92. The monoisotopic (exact) mass is 247 g/mol. The van der Waals surface area contributed by atoms with Crippen LogP contribution in [-0.4, -0.2) is 19.1 Å². The number of hydrogen-bond donors (Lipinski definition) is 1. The number of nitrogens with zero attached hydrogens (tertiary/aromatic N) is 2. The van der Waals surface area contributed by atoms with Gasteiger partial charge in [-0.15, -0.1) is 0 Å². The van der Waals surface area contributed by atoms with E-state index >= 15 is 0 Å². The van der Waals surface area contributed by atoms with Crippen LogP contribution in [0.15, 0.2) is 18.2 Å². The molecule has 0 aliphatic carbocycles. The molecule has 4 heteroatoms. The molecule has 1 heterocycles. The molecular weight excluding hydrogens is 229 g/mol. The van der Waals surface area contributed by atoms with Gasteiger partial charge in [0.2, 0.25) is 0 Å². The normalized spacial score (nSPS) is 19.6. The summed E-state index contributed by atoms with van der Waals surface area (Å²) >= 11 is 0. The fourth-order valence-corrected chi connectivity index (χ4v) is 2.64. The van der Waals surface area contributed by atoms with Crippen LogP contribution in [0.5, 0.6) is 0 Å². The summed E-state index contributed by atoms with van der Waals surface area (Å²) in [5.74, 6) is -0.346. The maximum atomic E-state index is 13.5. The van der Waals surface area contributed by atoms with Crippen LogP contribution in [-0.2, 0) is 0 Å². The van der Waals surface area contributed by atoms with Crippen molar-refractivity contribution >= 4 is 5.69 Å². The molecule has 1 fully saturated rings. The first-order chi connectivity index (χ1) is 8.74. The maximum absolute atomic E-state index is 13.5. The average molecular weight is 247 g/mol. The zero-order valence-electron chi connectivity index (χ0n) is 10.4. The molecule has 1 aromatic rings. The van der Waals surface area contributed by atoms with E-state index in [9.17, 15) is 4.39 Å². The lowest BCUT2D eigenvalue weighted by molar-refractivity contribution is 0.441. The lowest BCUT2D eigenvalue weighted by Crippen LogP contribution is -2.40. The van der Waals surface area contributed by atoms with Gasteiger partial charge in [0, 0.05) is 18.3 Å². The number of piperidine rings is 1. The molecule has 0 spiro atoms. The highest BCUT2D eigenvalue weighted by molar-refractivity contribution is 5.53. The van der Waals surface area contributed by atoms with Gasteiger partial charge in [-0.1, -0.05) is 0 Å². The zero-order chi connectivity index (χ0) is 13.0. The van der Waals surface area contributed by atoms with E-state index in [2.05, 4.69) is 4.90 Å². The van der Waals surface area contributed by atoms with E-state index in [0.717, 1.165) is 31.5 Å². The first-order valence-corrected chi connectivity index (χ1v) is 6.42. The van der Waals surface area contributed by atoms with Gasteiger partial charge in [-0.05, 0) is 50.4 Å². The molecule has 1 saturated heterocycles. The van der Waals surface area contributed by atoms with Gasteiger partial charge in [-0.2, -0.15) is 5.26 Å². The Hall–Kier alpha value is -1.60. The Morgan fingerprint density at radius 2 is 2.22 bits per heavy atom. The van der Waals surface area contributed by atoms with Crippen molar-refractivity contribution in [3.8, 4) is 6.07 Å². The second-order valence-corrected chi connectivity index (χ2v) is 4.73. The van der Waals surface area contributed by atoms with Crippen molar-refractivity contribution in [2.75, 3.05) is 18.0 Å². The predicted molar refractivity (Wildman–Crippen MR) is 69.8 cm³/mol. The van der Waals surface area contributed by atoms with Gasteiger partial charge >= 0.3 is 0 Å². The Morgan fingerprint density at radius 1 is 1.39 bits per heavy atom. The maximum Gasteiger partial charge on any atom is 0.126 e. The Balaban J connectivity index is 2.27. The van der Waals surface area contributed by atoms with Crippen molar-refractivity contribution < 1.29 is 4.39 Å². The molecule has 1 aliphatic rings. The highest BCUT2D eigenvalue weighted by Crippen LogP contribution is 2.27. The summed E-state index contributed by atoms with van der Waals surface area (Å²) in [7, 11) is 0. The first kappa shape index (κ1) is 12.8. The largest absolute Gasteiger partial charge is 0.368 e. The fourth-order valence-electron chi connectivity index (χ4n) is 2.64. The van der Waals surface area contributed by atoms with Gasteiger partial charge in [0.1, 0.15) is 5.82 Å². The van der Waals surface area contributed by atoms with Crippen LogP contribution >= 0.6 is 0 Å². The molecule has 0 aromatic heterocycles. The molecule has 0 saturated carbocycles. The number of anilines is 1. The van der Waals surface area contributed by atoms with Gasteiger partial charge in [-0.25, -0.2) is 4.39 Å². The Labute approximate surface area is 107 Å². The number of nitriles is 1. The SMILES string of the molecule is N#Cc1cc(F)cc(N2CCCCC2CCN)c1. The van der Waals surface area contributed by atoms with Gasteiger partial charge in [0.25, 0.3) is 0 Å². The van der Waals surface area contributed by atoms with Gasteiger partial charge in [-0.3, -0.25) is 0 Å². The van der Waals surface area contributed by atoms with Gasteiger partial charge < -0.3 is 10.6 Å². The second kappa shape index (κ2) is 5.83. The molecule has 0 amide bonds. The first-order valence-electron chi connectivity index (χ1n) is 6.42. The van der Waals surface area contributed by atoms with Crippen LogP contribution in [0.4, 0.5) is 10.1 Å². The number of halogens is 1. The fraction of sp³-hybridized carbons (Fsp3) is 0.500. The number of hydrogen-bond acceptors (Lipinski definition) is 3. The van der Waals surface area contributed by atoms with E-state index in [1.807, 2.05) is 6.07 Å². The average Bonchev–Trinajstić information content (AvgIpc) is 2.39. The Kier molecular flexibility index (Phi) is 4.16. The summed E-state index contributed by atoms with van der Waals surface area (Å²) in [5, 5.41) is 8.90. The van der Waals surface area contributed by atoms with Crippen molar-refractivity contribution in [1.29, 1.82) is 5.26 Å². The smallest absolute Gasteiger partial charge is 0.126 e. The minimum absolute atomic E-state index is 0.346. The van der Waals surface area contributed by atoms with Crippen molar-refractivity contribution in [2.24, 2.45) is 5.73 Å². The minimum Gasteiger partial charge on any atom is -0.368 e. The van der Waals surface area contributed by atoms with E-state index in [1.54, 1.807) is 6.07 Å². The number of rotatable bonds is 3. The molecule has 3 nitrogen and oxygen atoms in total. The van der Waals surface area contributed by atoms with Crippen LogP contribution in [0.25, 0.3) is 0 Å². The van der Waals surface area contributed by atoms with Crippen LogP contribution < -0.4 is 10.6 Å². The molecule has 0 radical (unpaired) electrons. The van der Waals surface area contributed by atoms with Crippen molar-refractivity contribution in [3.05, 3.63) is 29.6 Å². The molecule has 1 unspecified atom stereocenters. The molecule has 1 aliphatic heterocycles. The summed E-state index contributed by atoms with van der Waals surface area (Å²) < 4.78 is 13.5. The predicted octanol–water partition coefficient (Wildman–Crippen LogP) is 2.41. The van der Waals surface area contributed by atoms with E-state index < -0.39 is 0 Å². The quantitative estimate of drug-likeness (QED) is 0.892. The van der Waals surface area contributed by atoms with Crippen molar-refractivity contribution in [1.82, 2.24) is 0 Å². The number of nitrogens with two attached hydrogens (primary N) is 1. The van der Waals surface area contributed by atoms with E-state index in [-0.39, 0.29) is 5.82 Å². The number of benzene rings is 1. The van der Waals surface area contributed by atoms with Gasteiger partial charge in [0.15, 0.2) is 0 Å². The van der Waals surface area contributed by atoms with Crippen LogP contribution in [0.3, 0.4) is 0 Å². The van der Waals surface area contributed by atoms with E-state index in [4.69, 9.17) is 11.0 Å². The standard InChI is InChI=1S/C14H18FN3/c15-12-7-11(10-17)8-14(9-12)18-6-2-1-3-13(18)4-5-16/h7-9,13H,1-6,16H2. The molecule has 2 N–H and O–H groups in total. The van der Waals surface area contributed by atoms with Crippen molar-refractivity contribution in [3.63, 3.8) is 0 Å². The van der Waals surface area contributed by atoms with E-state index in [1.165, 1.54) is 18.6 Å². The summed E-state index contributed by atoms with van der Waals surface area (Å²) in [5.41, 5.74) is 6.82. The lowest BCUT2D eigenvalue weighted by Gasteiger charge is -2.37. The topological polar surface area (TPSA) is 53.0 Å². The molecule has 0 bridgehead atoms. The Bertz CT molecular complexity index is 451. The molecule has 2 rings (SSSR count). The third-order valence-corrected chi connectivity index (χ3v) is 3.47. The minimum atomic E-state index is -0.346. The second-order valence-electron chi connectivity index (χ2n) is 4.73. The lowest BCUT2D eigenvalue weighted by atomic mass is 9.98. The third-order valence-electron chi connectivity index (χ3n) is 3.47. The summed E-state index contributed by atoms with van der Waals surface area (Å²) in [6.45, 7) is 1.56. The van der Waals surface area contributed by atoms with Crippen LogP contribution in [0, 0.1) is 17.1 Å². The zero-order valence-corrected chi connectivity index (χ0v) is 10.4. The highest BCUT2D eigenvalue weighted by atomic mass is 19.1. The van der Waals surface area contributed by atoms with E-state index in [0.29, 0.717) is 18.2 Å².